The van der Waals surface area contributed by atoms with E-state index in [4.69, 9.17) is 20.7 Å². The van der Waals surface area contributed by atoms with Crippen molar-refractivity contribution in [2.75, 3.05) is 13.2 Å². The number of carboxylic acid groups (broad SMARTS) is 1. The van der Waals surface area contributed by atoms with Crippen molar-refractivity contribution in [3.63, 3.8) is 0 Å². The van der Waals surface area contributed by atoms with Crippen molar-refractivity contribution < 1.29 is 24.5 Å². The molecule has 1 aromatic carbocycles. The van der Waals surface area contributed by atoms with Crippen LogP contribution in [-0.2, 0) is 15.1 Å². The van der Waals surface area contributed by atoms with Gasteiger partial charge in [0.15, 0.2) is 0 Å². The summed E-state index contributed by atoms with van der Waals surface area (Å²) >= 11 is 1.46. The number of thiophene rings is 1. The van der Waals surface area contributed by atoms with Crippen LogP contribution in [0.4, 0.5) is 0 Å². The van der Waals surface area contributed by atoms with Gasteiger partial charge >= 0.3 is 5.97 Å². The lowest BCUT2D eigenvalue weighted by Gasteiger charge is -2.29. The molecule has 2 aromatic rings. The van der Waals surface area contributed by atoms with Gasteiger partial charge in [-0.15, -0.1) is 0 Å². The normalized spacial score (nSPS) is 13.2. The number of aliphatic hydroxyl groups is 1. The van der Waals surface area contributed by atoms with Gasteiger partial charge in [0.05, 0.1) is 12.1 Å². The minimum atomic E-state index is -1.16. The number of carbonyl (C=O) groups excluding carboxylic acids is 1. The molecule has 4 N–H and O–H groups in total. The number of hydrogen-bond donors (Lipinski definition) is 3. The van der Waals surface area contributed by atoms with Crippen LogP contribution in [0.5, 0.6) is 5.75 Å². The Kier molecular flexibility index (Phi) is 6.69. The molecule has 0 saturated heterocycles. The molecule has 25 heavy (non-hydrogen) atoms. The SMILES string of the molecule is NC(CC(=O)CC(=O)O)(c1ccc(OCCCO)cc1)c1ccsc1. The van der Waals surface area contributed by atoms with Gasteiger partial charge in [-0.2, -0.15) is 11.3 Å². The largest absolute Gasteiger partial charge is 0.494 e. The van der Waals surface area contributed by atoms with Crippen molar-refractivity contribution in [2.45, 2.75) is 24.8 Å². The van der Waals surface area contributed by atoms with Crippen LogP contribution in [0.15, 0.2) is 41.1 Å². The van der Waals surface area contributed by atoms with Crippen molar-refractivity contribution in [1.29, 1.82) is 0 Å². The van der Waals surface area contributed by atoms with Crippen LogP contribution < -0.4 is 10.5 Å². The second-order valence-electron chi connectivity index (χ2n) is 5.72. The number of aliphatic carboxylic acids is 1. The van der Waals surface area contributed by atoms with Crippen LogP contribution in [0.3, 0.4) is 0 Å². The maximum Gasteiger partial charge on any atom is 0.310 e. The second kappa shape index (κ2) is 8.75. The summed E-state index contributed by atoms with van der Waals surface area (Å²) in [6.07, 6.45) is -0.104. The van der Waals surface area contributed by atoms with E-state index in [2.05, 4.69) is 0 Å². The third-order valence-electron chi connectivity index (χ3n) is 3.80. The van der Waals surface area contributed by atoms with Crippen LogP contribution in [0, 0.1) is 0 Å². The van der Waals surface area contributed by atoms with Crippen LogP contribution >= 0.6 is 11.3 Å². The molecule has 0 radical (unpaired) electrons. The van der Waals surface area contributed by atoms with Gasteiger partial charge in [-0.25, -0.2) is 0 Å². The highest BCUT2D eigenvalue weighted by atomic mass is 32.1. The van der Waals surface area contributed by atoms with E-state index >= 15 is 0 Å². The van der Waals surface area contributed by atoms with E-state index in [1.54, 1.807) is 24.3 Å². The van der Waals surface area contributed by atoms with E-state index in [1.807, 2.05) is 16.8 Å². The van der Waals surface area contributed by atoms with Gasteiger partial charge in [-0.1, -0.05) is 12.1 Å². The maximum atomic E-state index is 12.1. The molecule has 1 atom stereocenters. The molecule has 0 bridgehead atoms. The number of carbonyl (C=O) groups is 2. The summed E-state index contributed by atoms with van der Waals surface area (Å²) in [6, 6.07) is 8.90. The molecule has 2 rings (SSSR count). The molecule has 0 aliphatic rings. The van der Waals surface area contributed by atoms with Crippen LogP contribution in [0.1, 0.15) is 30.4 Å². The van der Waals surface area contributed by atoms with Gasteiger partial charge in [0.1, 0.15) is 18.0 Å². The van der Waals surface area contributed by atoms with E-state index in [0.29, 0.717) is 24.3 Å². The van der Waals surface area contributed by atoms with Gasteiger partial charge in [0.25, 0.3) is 0 Å². The minimum absolute atomic E-state index is 0.0633. The number of ketones is 1. The molecule has 0 amide bonds. The maximum absolute atomic E-state index is 12.1. The third-order valence-corrected chi connectivity index (χ3v) is 4.48. The number of ether oxygens (including phenoxy) is 1. The monoisotopic (exact) mass is 363 g/mol. The van der Waals surface area contributed by atoms with Gasteiger partial charge in [0, 0.05) is 19.4 Å². The Morgan fingerprint density at radius 1 is 1.16 bits per heavy atom. The number of hydrogen-bond acceptors (Lipinski definition) is 6. The first-order valence-electron chi connectivity index (χ1n) is 7.85. The Labute approximate surface area is 149 Å². The lowest BCUT2D eigenvalue weighted by molar-refractivity contribution is -0.140. The number of nitrogens with two attached hydrogens (primary N) is 1. The summed E-state index contributed by atoms with van der Waals surface area (Å²) in [7, 11) is 0. The Balaban J connectivity index is 2.23. The van der Waals surface area contributed by atoms with Gasteiger partial charge < -0.3 is 20.7 Å². The number of rotatable bonds is 10. The summed E-state index contributed by atoms with van der Waals surface area (Å²) in [5, 5.41) is 21.3. The fraction of sp³-hybridized carbons (Fsp3) is 0.333. The third kappa shape index (κ3) is 5.12. The highest BCUT2D eigenvalue weighted by Gasteiger charge is 2.33. The molecule has 0 saturated carbocycles. The van der Waals surface area contributed by atoms with Crippen molar-refractivity contribution in [1.82, 2.24) is 0 Å². The molecule has 1 heterocycles. The van der Waals surface area contributed by atoms with Crippen molar-refractivity contribution >= 4 is 23.1 Å². The number of benzene rings is 1. The zero-order valence-corrected chi connectivity index (χ0v) is 14.5. The highest BCUT2D eigenvalue weighted by molar-refractivity contribution is 7.08. The summed E-state index contributed by atoms with van der Waals surface area (Å²) in [5.41, 5.74) is 6.94. The Bertz CT molecular complexity index is 699. The summed E-state index contributed by atoms with van der Waals surface area (Å²) in [5.74, 6) is -0.948. The Morgan fingerprint density at radius 2 is 1.88 bits per heavy atom. The highest BCUT2D eigenvalue weighted by Crippen LogP contribution is 2.33. The van der Waals surface area contributed by atoms with Gasteiger partial charge in [-0.05, 0) is 40.1 Å². The Morgan fingerprint density at radius 3 is 2.44 bits per heavy atom. The molecule has 134 valence electrons. The molecule has 0 aliphatic heterocycles. The van der Waals surface area contributed by atoms with E-state index in [1.165, 1.54) is 11.3 Å². The first kappa shape index (κ1) is 19.1. The first-order chi connectivity index (χ1) is 12.0. The van der Waals surface area contributed by atoms with E-state index in [-0.39, 0.29) is 13.0 Å². The quantitative estimate of drug-likeness (QED) is 0.441. The summed E-state index contributed by atoms with van der Waals surface area (Å²) in [4.78, 5) is 22.9. The van der Waals surface area contributed by atoms with Crippen LogP contribution in [0.25, 0.3) is 0 Å². The van der Waals surface area contributed by atoms with Crippen molar-refractivity contribution in [3.05, 3.63) is 52.2 Å². The number of carboxylic acids is 1. The van der Waals surface area contributed by atoms with Gasteiger partial charge in [-0.3, -0.25) is 9.59 Å². The topological polar surface area (TPSA) is 110 Å². The minimum Gasteiger partial charge on any atom is -0.494 e. The molecule has 1 aromatic heterocycles. The zero-order chi connectivity index (χ0) is 18.3. The van der Waals surface area contributed by atoms with Crippen molar-refractivity contribution in [3.8, 4) is 5.75 Å². The summed E-state index contributed by atoms with van der Waals surface area (Å²) < 4.78 is 5.50. The standard InChI is InChI=1S/C18H21NO5S/c19-18(14-6-9-25-12-14,11-15(21)10-17(22)23)13-2-4-16(5-3-13)24-8-1-7-20/h2-6,9,12,20H,1,7-8,10-11,19H2,(H,22,23). The fourth-order valence-electron chi connectivity index (χ4n) is 2.53. The number of aliphatic hydroxyl groups excluding tert-OH is 1. The molecule has 1 unspecified atom stereocenters. The van der Waals surface area contributed by atoms with E-state index in [9.17, 15) is 9.59 Å². The smallest absolute Gasteiger partial charge is 0.310 e. The molecular weight excluding hydrogens is 342 g/mol. The van der Waals surface area contributed by atoms with Crippen LogP contribution in [-0.4, -0.2) is 35.2 Å². The molecular formula is C18H21NO5S. The summed E-state index contributed by atoms with van der Waals surface area (Å²) in [6.45, 7) is 0.471. The lowest BCUT2D eigenvalue weighted by atomic mass is 9.80. The number of Topliss-reactive ketones (excluding diaryl/α,β-unsaturated/α-hetero) is 1. The Hall–Kier alpha value is -2.22. The fourth-order valence-corrected chi connectivity index (χ4v) is 3.27. The van der Waals surface area contributed by atoms with E-state index in [0.717, 1.165) is 5.56 Å². The predicted octanol–water partition coefficient (Wildman–Crippen LogP) is 2.15. The van der Waals surface area contributed by atoms with E-state index < -0.39 is 23.7 Å². The molecule has 0 aliphatic carbocycles. The van der Waals surface area contributed by atoms with Gasteiger partial charge in [0.2, 0.25) is 0 Å². The predicted molar refractivity (Wildman–Crippen MR) is 94.8 cm³/mol. The second-order valence-corrected chi connectivity index (χ2v) is 6.50. The zero-order valence-electron chi connectivity index (χ0n) is 13.7. The average molecular weight is 363 g/mol. The average Bonchev–Trinajstić information content (AvgIpc) is 3.10. The molecule has 7 heteroatoms. The van der Waals surface area contributed by atoms with Crippen LogP contribution in [0.2, 0.25) is 0 Å². The lowest BCUT2D eigenvalue weighted by Crippen LogP contribution is -2.40. The van der Waals surface area contributed by atoms with Crippen molar-refractivity contribution in [2.24, 2.45) is 5.73 Å². The molecule has 6 nitrogen and oxygen atoms in total. The molecule has 0 spiro atoms. The first-order valence-corrected chi connectivity index (χ1v) is 8.79. The molecule has 0 fully saturated rings.